The van der Waals surface area contributed by atoms with Crippen molar-refractivity contribution in [2.24, 2.45) is 5.92 Å². The van der Waals surface area contributed by atoms with Gasteiger partial charge in [0.25, 0.3) is 5.91 Å². The van der Waals surface area contributed by atoms with Gasteiger partial charge in [0, 0.05) is 6.04 Å². The first-order valence-electron chi connectivity index (χ1n) is 5.23. The molecule has 1 heterocycles. The summed E-state index contributed by atoms with van der Waals surface area (Å²) in [7, 11) is 0. The zero-order valence-corrected chi connectivity index (χ0v) is 9.38. The van der Waals surface area contributed by atoms with Crippen molar-refractivity contribution in [2.75, 3.05) is 0 Å². The second-order valence-corrected chi connectivity index (χ2v) is 4.46. The van der Waals surface area contributed by atoms with E-state index < -0.39 is 0 Å². The highest BCUT2D eigenvalue weighted by molar-refractivity contribution is 6.29. The molecule has 1 aliphatic rings. The molecule has 1 aromatic rings. The number of halogens is 1. The van der Waals surface area contributed by atoms with E-state index in [4.69, 9.17) is 16.0 Å². The molecule has 0 bridgehead atoms. The topological polar surface area (TPSA) is 42.2 Å². The highest BCUT2D eigenvalue weighted by Gasteiger charge is 2.25. The van der Waals surface area contributed by atoms with Crippen LogP contribution in [0.1, 0.15) is 36.7 Å². The summed E-state index contributed by atoms with van der Waals surface area (Å²) in [6, 6.07) is 3.45. The number of nitrogens with one attached hydrogen (secondary N) is 1. The van der Waals surface area contributed by atoms with Crippen molar-refractivity contribution in [2.45, 2.75) is 32.2 Å². The molecule has 0 aromatic carbocycles. The minimum absolute atomic E-state index is 0.166. The number of carbonyl (C=O) groups excluding carboxylic acids is 1. The molecule has 1 fully saturated rings. The van der Waals surface area contributed by atoms with Crippen molar-refractivity contribution in [3.63, 3.8) is 0 Å². The Labute approximate surface area is 93.8 Å². The number of carbonyl (C=O) groups is 1. The zero-order chi connectivity index (χ0) is 10.8. The SMILES string of the molecule is CC1CCCC1NC(=O)c1ccc(Cl)o1. The third-order valence-corrected chi connectivity index (χ3v) is 3.18. The van der Waals surface area contributed by atoms with Crippen LogP contribution in [0.15, 0.2) is 16.5 Å². The summed E-state index contributed by atoms with van der Waals surface area (Å²) in [5.74, 6) is 0.680. The minimum atomic E-state index is -0.166. The Bertz CT molecular complexity index is 361. The molecular weight excluding hydrogens is 214 g/mol. The molecule has 1 aliphatic carbocycles. The van der Waals surface area contributed by atoms with Crippen LogP contribution >= 0.6 is 11.6 Å². The first-order valence-corrected chi connectivity index (χ1v) is 5.61. The van der Waals surface area contributed by atoms with Gasteiger partial charge in [-0.15, -0.1) is 0 Å². The van der Waals surface area contributed by atoms with E-state index in [1.807, 2.05) is 0 Å². The molecule has 82 valence electrons. The highest BCUT2D eigenvalue weighted by Crippen LogP contribution is 2.25. The standard InChI is InChI=1S/C11H14ClNO2/c1-7-3-2-4-8(7)13-11(14)9-5-6-10(12)15-9/h5-8H,2-4H2,1H3,(H,13,14). The summed E-state index contributed by atoms with van der Waals surface area (Å²) in [6.45, 7) is 2.16. The van der Waals surface area contributed by atoms with Crippen molar-refractivity contribution >= 4 is 17.5 Å². The van der Waals surface area contributed by atoms with Crippen LogP contribution in [0.5, 0.6) is 0 Å². The molecule has 1 aromatic heterocycles. The molecule has 2 rings (SSSR count). The molecule has 0 saturated heterocycles. The van der Waals surface area contributed by atoms with Gasteiger partial charge in [-0.05, 0) is 42.5 Å². The van der Waals surface area contributed by atoms with Gasteiger partial charge in [0.2, 0.25) is 0 Å². The second kappa shape index (κ2) is 4.27. The second-order valence-electron chi connectivity index (χ2n) is 4.09. The molecule has 1 N–H and O–H groups in total. The predicted molar refractivity (Wildman–Crippen MR) is 58.0 cm³/mol. The average molecular weight is 228 g/mol. The molecule has 15 heavy (non-hydrogen) atoms. The van der Waals surface area contributed by atoms with Gasteiger partial charge in [-0.1, -0.05) is 13.3 Å². The number of amides is 1. The lowest BCUT2D eigenvalue weighted by molar-refractivity contribution is 0.0901. The van der Waals surface area contributed by atoms with Gasteiger partial charge in [0.1, 0.15) is 0 Å². The first-order chi connectivity index (χ1) is 7.16. The Hall–Kier alpha value is -0.960. The quantitative estimate of drug-likeness (QED) is 0.844. The van der Waals surface area contributed by atoms with Crippen molar-refractivity contribution < 1.29 is 9.21 Å². The Morgan fingerprint density at radius 3 is 2.87 bits per heavy atom. The van der Waals surface area contributed by atoms with E-state index in [0.717, 1.165) is 6.42 Å². The molecule has 1 amide bonds. The predicted octanol–water partition coefficient (Wildman–Crippen LogP) is 2.85. The monoisotopic (exact) mass is 227 g/mol. The fourth-order valence-electron chi connectivity index (χ4n) is 2.04. The van der Waals surface area contributed by atoms with E-state index >= 15 is 0 Å². The number of hydrogen-bond donors (Lipinski definition) is 1. The number of rotatable bonds is 2. The van der Waals surface area contributed by atoms with Crippen LogP contribution in [0, 0.1) is 5.92 Å². The molecule has 0 aliphatic heterocycles. The van der Waals surface area contributed by atoms with Gasteiger partial charge in [-0.2, -0.15) is 0 Å². The summed E-state index contributed by atoms with van der Waals surface area (Å²) in [6.07, 6.45) is 3.43. The van der Waals surface area contributed by atoms with E-state index in [2.05, 4.69) is 12.2 Å². The van der Waals surface area contributed by atoms with Crippen LogP contribution < -0.4 is 5.32 Å². The maximum atomic E-state index is 11.7. The Balaban J connectivity index is 1.97. The Kier molecular flexibility index (Phi) is 3.00. The molecule has 0 radical (unpaired) electrons. The van der Waals surface area contributed by atoms with Gasteiger partial charge in [-0.3, -0.25) is 4.79 Å². The molecular formula is C11H14ClNO2. The fourth-order valence-corrected chi connectivity index (χ4v) is 2.18. The highest BCUT2D eigenvalue weighted by atomic mass is 35.5. The van der Waals surface area contributed by atoms with Crippen LogP contribution in [0.25, 0.3) is 0 Å². The van der Waals surface area contributed by atoms with Crippen LogP contribution in [0.3, 0.4) is 0 Å². The Morgan fingerprint density at radius 2 is 2.33 bits per heavy atom. The van der Waals surface area contributed by atoms with Gasteiger partial charge in [0.05, 0.1) is 0 Å². The summed E-state index contributed by atoms with van der Waals surface area (Å²) in [5.41, 5.74) is 0. The van der Waals surface area contributed by atoms with Crippen LogP contribution in [-0.2, 0) is 0 Å². The van der Waals surface area contributed by atoms with Gasteiger partial charge < -0.3 is 9.73 Å². The van der Waals surface area contributed by atoms with Crippen molar-refractivity contribution in [1.82, 2.24) is 5.32 Å². The van der Waals surface area contributed by atoms with E-state index in [0.29, 0.717) is 11.7 Å². The third-order valence-electron chi connectivity index (χ3n) is 2.97. The summed E-state index contributed by atoms with van der Waals surface area (Å²) < 4.78 is 5.04. The summed E-state index contributed by atoms with van der Waals surface area (Å²) in [5, 5.41) is 3.22. The maximum absolute atomic E-state index is 11.7. The summed E-state index contributed by atoms with van der Waals surface area (Å²) in [4.78, 5) is 11.7. The average Bonchev–Trinajstić information content (AvgIpc) is 2.77. The smallest absolute Gasteiger partial charge is 0.287 e. The molecule has 3 nitrogen and oxygen atoms in total. The van der Waals surface area contributed by atoms with Gasteiger partial charge in [-0.25, -0.2) is 0 Å². The number of furan rings is 1. The maximum Gasteiger partial charge on any atom is 0.287 e. The number of hydrogen-bond acceptors (Lipinski definition) is 2. The molecule has 2 unspecified atom stereocenters. The van der Waals surface area contributed by atoms with Crippen LogP contribution in [-0.4, -0.2) is 11.9 Å². The fraction of sp³-hybridized carbons (Fsp3) is 0.545. The van der Waals surface area contributed by atoms with Crippen molar-refractivity contribution in [1.29, 1.82) is 0 Å². The van der Waals surface area contributed by atoms with Gasteiger partial charge in [0.15, 0.2) is 11.0 Å². The van der Waals surface area contributed by atoms with E-state index in [9.17, 15) is 4.79 Å². The lowest BCUT2D eigenvalue weighted by atomic mass is 10.1. The molecule has 0 spiro atoms. The molecule has 4 heteroatoms. The zero-order valence-electron chi connectivity index (χ0n) is 8.63. The van der Waals surface area contributed by atoms with E-state index in [-0.39, 0.29) is 17.2 Å². The third kappa shape index (κ3) is 2.34. The largest absolute Gasteiger partial charge is 0.440 e. The van der Waals surface area contributed by atoms with E-state index in [1.54, 1.807) is 12.1 Å². The van der Waals surface area contributed by atoms with Crippen molar-refractivity contribution in [3.05, 3.63) is 23.1 Å². The van der Waals surface area contributed by atoms with Crippen LogP contribution in [0.2, 0.25) is 5.22 Å². The first kappa shape index (κ1) is 10.6. The van der Waals surface area contributed by atoms with Gasteiger partial charge >= 0.3 is 0 Å². The Morgan fingerprint density at radius 1 is 1.53 bits per heavy atom. The van der Waals surface area contributed by atoms with E-state index in [1.165, 1.54) is 12.8 Å². The normalized spacial score (nSPS) is 25.5. The molecule has 1 saturated carbocycles. The van der Waals surface area contributed by atoms with Crippen molar-refractivity contribution in [3.8, 4) is 0 Å². The molecule has 2 atom stereocenters. The summed E-state index contributed by atoms with van der Waals surface area (Å²) >= 11 is 5.60. The minimum Gasteiger partial charge on any atom is -0.440 e. The lowest BCUT2D eigenvalue weighted by Gasteiger charge is -2.15. The van der Waals surface area contributed by atoms with Crippen LogP contribution in [0.4, 0.5) is 0 Å². The lowest BCUT2D eigenvalue weighted by Crippen LogP contribution is -2.36.